The van der Waals surface area contributed by atoms with E-state index in [0.717, 1.165) is 23.5 Å². The molecule has 0 saturated heterocycles. The highest BCUT2D eigenvalue weighted by Crippen LogP contribution is 2.25. The lowest BCUT2D eigenvalue weighted by atomic mass is 10.1. The number of benzene rings is 1. The van der Waals surface area contributed by atoms with Crippen molar-refractivity contribution in [2.75, 3.05) is 27.3 Å². The molecule has 0 aliphatic heterocycles. The monoisotopic (exact) mass is 252 g/mol. The van der Waals surface area contributed by atoms with Gasteiger partial charge in [0, 0.05) is 13.1 Å². The zero-order chi connectivity index (χ0) is 13.4. The smallest absolute Gasteiger partial charge is 0.223 e. The number of ether oxygens (including phenoxy) is 2. The Balaban J connectivity index is 2.68. The molecule has 3 N–H and O–H groups in total. The summed E-state index contributed by atoms with van der Waals surface area (Å²) >= 11 is 0. The summed E-state index contributed by atoms with van der Waals surface area (Å²) in [6.07, 6.45) is 1.06. The predicted octanol–water partition coefficient (Wildman–Crippen LogP) is 0.711. The van der Waals surface area contributed by atoms with Crippen LogP contribution < -0.4 is 20.5 Å². The average molecular weight is 252 g/mol. The molecule has 0 aromatic heterocycles. The number of nitrogens with one attached hydrogen (secondary N) is 1. The van der Waals surface area contributed by atoms with E-state index in [1.165, 1.54) is 0 Å². The zero-order valence-corrected chi connectivity index (χ0v) is 10.9. The van der Waals surface area contributed by atoms with Gasteiger partial charge >= 0.3 is 0 Å². The summed E-state index contributed by atoms with van der Waals surface area (Å²) in [5, 5.41) is 2.55. The lowest BCUT2D eigenvalue weighted by Gasteiger charge is -2.12. The van der Waals surface area contributed by atoms with Gasteiger partial charge in [-0.15, -0.1) is 0 Å². The van der Waals surface area contributed by atoms with Gasteiger partial charge in [0.25, 0.3) is 0 Å². The van der Waals surface area contributed by atoms with Gasteiger partial charge in [0.1, 0.15) is 11.5 Å². The van der Waals surface area contributed by atoms with Crippen LogP contribution in [0, 0.1) is 0 Å². The molecule has 1 rings (SSSR count). The highest BCUT2D eigenvalue weighted by Gasteiger charge is 2.06. The van der Waals surface area contributed by atoms with Gasteiger partial charge in [0.05, 0.1) is 20.1 Å². The molecule has 0 fully saturated rings. The largest absolute Gasteiger partial charge is 0.497 e. The molecule has 5 heteroatoms. The average Bonchev–Trinajstić information content (AvgIpc) is 2.40. The Morgan fingerprint density at radius 2 is 2.22 bits per heavy atom. The first-order valence-corrected chi connectivity index (χ1v) is 5.91. The SMILES string of the molecule is CNC(=O)CCOc1cc(OC)ccc1CCN. The highest BCUT2D eigenvalue weighted by molar-refractivity contribution is 5.75. The van der Waals surface area contributed by atoms with Gasteiger partial charge in [0.2, 0.25) is 5.91 Å². The Bertz CT molecular complexity index is 394. The van der Waals surface area contributed by atoms with Crippen LogP contribution in [0.15, 0.2) is 18.2 Å². The van der Waals surface area contributed by atoms with Crippen LogP contribution in [0.5, 0.6) is 11.5 Å². The van der Waals surface area contributed by atoms with Crippen LogP contribution >= 0.6 is 0 Å². The van der Waals surface area contributed by atoms with E-state index in [1.807, 2.05) is 18.2 Å². The van der Waals surface area contributed by atoms with Crippen LogP contribution in [0.3, 0.4) is 0 Å². The second-order valence-corrected chi connectivity index (χ2v) is 3.78. The molecule has 0 unspecified atom stereocenters. The van der Waals surface area contributed by atoms with Gasteiger partial charge in [-0.1, -0.05) is 6.07 Å². The number of hydrogen-bond acceptors (Lipinski definition) is 4. The van der Waals surface area contributed by atoms with Crippen molar-refractivity contribution in [1.29, 1.82) is 0 Å². The van der Waals surface area contributed by atoms with E-state index in [9.17, 15) is 4.79 Å². The third kappa shape index (κ3) is 4.25. The first-order valence-electron chi connectivity index (χ1n) is 5.91. The summed E-state index contributed by atoms with van der Waals surface area (Å²) in [6, 6.07) is 5.62. The summed E-state index contributed by atoms with van der Waals surface area (Å²) in [5.74, 6) is 1.41. The molecular weight excluding hydrogens is 232 g/mol. The maximum atomic E-state index is 11.1. The first-order chi connectivity index (χ1) is 8.71. The van der Waals surface area contributed by atoms with Crippen molar-refractivity contribution in [2.45, 2.75) is 12.8 Å². The third-order valence-corrected chi connectivity index (χ3v) is 2.55. The maximum Gasteiger partial charge on any atom is 0.223 e. The summed E-state index contributed by atoms with van der Waals surface area (Å²) < 4.78 is 10.8. The molecule has 0 bridgehead atoms. The van der Waals surface area contributed by atoms with Crippen molar-refractivity contribution < 1.29 is 14.3 Å². The summed E-state index contributed by atoms with van der Waals surface area (Å²) in [4.78, 5) is 11.1. The van der Waals surface area contributed by atoms with Gasteiger partial charge in [0.15, 0.2) is 0 Å². The van der Waals surface area contributed by atoms with E-state index in [0.29, 0.717) is 19.6 Å². The molecule has 0 aliphatic rings. The topological polar surface area (TPSA) is 73.6 Å². The Hall–Kier alpha value is -1.75. The number of carbonyl (C=O) groups is 1. The Morgan fingerprint density at radius 3 is 2.83 bits per heavy atom. The van der Waals surface area contributed by atoms with Crippen molar-refractivity contribution in [3.63, 3.8) is 0 Å². The molecular formula is C13H20N2O3. The Kier molecular flexibility index (Phi) is 6.00. The van der Waals surface area contributed by atoms with Crippen molar-refractivity contribution in [3.05, 3.63) is 23.8 Å². The van der Waals surface area contributed by atoms with Crippen LogP contribution in [-0.4, -0.2) is 33.2 Å². The number of hydrogen-bond donors (Lipinski definition) is 2. The molecule has 5 nitrogen and oxygen atoms in total. The minimum atomic E-state index is -0.0433. The normalized spacial score (nSPS) is 9.94. The lowest BCUT2D eigenvalue weighted by molar-refractivity contribution is -0.121. The molecule has 1 aromatic carbocycles. The maximum absolute atomic E-state index is 11.1. The number of methoxy groups -OCH3 is 1. The van der Waals surface area contributed by atoms with Gasteiger partial charge < -0.3 is 20.5 Å². The second kappa shape index (κ2) is 7.55. The number of rotatable bonds is 7. The lowest BCUT2D eigenvalue weighted by Crippen LogP contribution is -2.20. The van der Waals surface area contributed by atoms with Crippen LogP contribution in [0.25, 0.3) is 0 Å². The van der Waals surface area contributed by atoms with Gasteiger partial charge in [-0.3, -0.25) is 4.79 Å². The summed E-state index contributed by atoms with van der Waals surface area (Å²) in [6.45, 7) is 0.891. The van der Waals surface area contributed by atoms with Crippen LogP contribution in [-0.2, 0) is 11.2 Å². The van der Waals surface area contributed by atoms with Crippen molar-refractivity contribution in [3.8, 4) is 11.5 Å². The van der Waals surface area contributed by atoms with E-state index in [-0.39, 0.29) is 5.91 Å². The van der Waals surface area contributed by atoms with Crippen molar-refractivity contribution >= 4 is 5.91 Å². The molecule has 1 aromatic rings. The standard InChI is InChI=1S/C13H20N2O3/c1-15-13(16)6-8-18-12-9-11(17-2)4-3-10(12)5-7-14/h3-4,9H,5-8,14H2,1-2H3,(H,15,16). The molecule has 0 heterocycles. The third-order valence-electron chi connectivity index (χ3n) is 2.55. The zero-order valence-electron chi connectivity index (χ0n) is 10.9. The molecule has 100 valence electrons. The van der Waals surface area contributed by atoms with E-state index >= 15 is 0 Å². The molecule has 0 saturated carbocycles. The minimum Gasteiger partial charge on any atom is -0.497 e. The fourth-order valence-electron chi connectivity index (χ4n) is 1.54. The van der Waals surface area contributed by atoms with Crippen molar-refractivity contribution in [1.82, 2.24) is 5.32 Å². The van der Waals surface area contributed by atoms with Crippen molar-refractivity contribution in [2.24, 2.45) is 5.73 Å². The van der Waals surface area contributed by atoms with Gasteiger partial charge in [-0.25, -0.2) is 0 Å². The van der Waals surface area contributed by atoms with Crippen LogP contribution in [0.1, 0.15) is 12.0 Å². The van der Waals surface area contributed by atoms with E-state index in [1.54, 1.807) is 14.2 Å². The molecule has 1 amide bonds. The quantitative estimate of drug-likeness (QED) is 0.749. The highest BCUT2D eigenvalue weighted by atomic mass is 16.5. The van der Waals surface area contributed by atoms with E-state index in [2.05, 4.69) is 5.32 Å². The first kappa shape index (κ1) is 14.3. The number of nitrogens with two attached hydrogens (primary N) is 1. The number of carbonyl (C=O) groups excluding carboxylic acids is 1. The van der Waals surface area contributed by atoms with E-state index in [4.69, 9.17) is 15.2 Å². The molecule has 0 aliphatic carbocycles. The Morgan fingerprint density at radius 1 is 1.44 bits per heavy atom. The number of amides is 1. The minimum absolute atomic E-state index is 0.0433. The molecule has 0 radical (unpaired) electrons. The van der Waals surface area contributed by atoms with E-state index < -0.39 is 0 Å². The summed E-state index contributed by atoms with van der Waals surface area (Å²) in [5.41, 5.74) is 6.57. The second-order valence-electron chi connectivity index (χ2n) is 3.78. The molecule has 0 atom stereocenters. The van der Waals surface area contributed by atoms with Gasteiger partial charge in [-0.05, 0) is 24.6 Å². The predicted molar refractivity (Wildman–Crippen MR) is 69.9 cm³/mol. The Labute approximate surface area is 107 Å². The fraction of sp³-hybridized carbons (Fsp3) is 0.462. The van der Waals surface area contributed by atoms with Gasteiger partial charge in [-0.2, -0.15) is 0 Å². The molecule has 0 spiro atoms. The van der Waals surface area contributed by atoms with Crippen LogP contribution in [0.4, 0.5) is 0 Å². The molecule has 18 heavy (non-hydrogen) atoms. The fourth-order valence-corrected chi connectivity index (χ4v) is 1.54. The van der Waals surface area contributed by atoms with Crippen LogP contribution in [0.2, 0.25) is 0 Å². The summed E-state index contributed by atoms with van der Waals surface area (Å²) in [7, 11) is 3.21.